The van der Waals surface area contributed by atoms with Gasteiger partial charge in [0.15, 0.2) is 0 Å². The van der Waals surface area contributed by atoms with Gasteiger partial charge in [-0.3, -0.25) is 9.29 Å². The van der Waals surface area contributed by atoms with Crippen molar-refractivity contribution in [2.75, 3.05) is 32.9 Å². The minimum Gasteiger partial charge on any atom is -0.508 e. The first-order valence-corrected chi connectivity index (χ1v) is 7.93. The van der Waals surface area contributed by atoms with Gasteiger partial charge in [-0.15, -0.1) is 0 Å². The maximum atomic E-state index is 13.0. The summed E-state index contributed by atoms with van der Waals surface area (Å²) in [4.78, 5) is 2.23. The van der Waals surface area contributed by atoms with Crippen molar-refractivity contribution < 1.29 is 14.2 Å². The molecule has 124 valence electrons. The smallest absolute Gasteiger partial charge is 0.120 e. The number of piperazine rings is 1. The van der Waals surface area contributed by atoms with Gasteiger partial charge in [-0.25, -0.2) is 0 Å². The van der Waals surface area contributed by atoms with Gasteiger partial charge in [-0.2, -0.15) is 0 Å². The lowest BCUT2D eigenvalue weighted by Gasteiger charge is -2.35. The Hall–Kier alpha value is -1.33. The molecule has 0 aliphatic carbocycles. The highest BCUT2D eigenvalue weighted by atomic mass is 19.1. The topological polar surface area (TPSA) is 44.7 Å². The zero-order valence-corrected chi connectivity index (χ0v) is 13.7. The Morgan fingerprint density at radius 3 is 2.59 bits per heavy atom. The van der Waals surface area contributed by atoms with E-state index in [-0.39, 0.29) is 17.4 Å². The lowest BCUT2D eigenvalue weighted by molar-refractivity contribution is 0.128. The molecule has 0 radical (unpaired) electrons. The fourth-order valence-electron chi connectivity index (χ4n) is 2.85. The first-order valence-electron chi connectivity index (χ1n) is 7.93. The van der Waals surface area contributed by atoms with Gasteiger partial charge >= 0.3 is 0 Å². The van der Waals surface area contributed by atoms with Crippen LogP contribution in [0.2, 0.25) is 0 Å². The molecule has 5 heteroatoms. The number of alkyl halides is 1. The van der Waals surface area contributed by atoms with Crippen molar-refractivity contribution in [3.63, 3.8) is 0 Å². The maximum Gasteiger partial charge on any atom is 0.120 e. The highest BCUT2D eigenvalue weighted by molar-refractivity contribution is 5.41. The van der Waals surface area contributed by atoms with E-state index >= 15 is 0 Å². The van der Waals surface area contributed by atoms with Gasteiger partial charge in [0.2, 0.25) is 0 Å². The Morgan fingerprint density at radius 2 is 2.00 bits per heavy atom. The van der Waals surface area contributed by atoms with Gasteiger partial charge < -0.3 is 15.2 Å². The number of hydrogen-bond acceptors (Lipinski definition) is 4. The second kappa shape index (κ2) is 7.29. The van der Waals surface area contributed by atoms with E-state index in [1.54, 1.807) is 12.1 Å². The molecule has 1 fully saturated rings. The standard InChI is InChI=1S/C17H27FN2O2/c1-17(2,3)22-13-4-5-16(21)14(12-13)15(6-7-18)20-10-8-19-9-11-20/h4-5,12,15,19,21H,6-11H2,1-3H3/t15-/m0/s1. The molecule has 1 heterocycles. The highest BCUT2D eigenvalue weighted by Crippen LogP contribution is 2.35. The third-order valence-corrected chi connectivity index (χ3v) is 3.76. The van der Waals surface area contributed by atoms with Crippen LogP contribution >= 0.6 is 0 Å². The van der Waals surface area contributed by atoms with Gasteiger partial charge in [0, 0.05) is 37.8 Å². The molecule has 0 unspecified atom stereocenters. The number of phenols is 1. The molecule has 0 amide bonds. The number of nitrogens with zero attached hydrogens (tertiary/aromatic N) is 1. The maximum absolute atomic E-state index is 13.0. The molecule has 2 rings (SSSR count). The van der Waals surface area contributed by atoms with Crippen LogP contribution in [0.25, 0.3) is 0 Å². The number of halogens is 1. The summed E-state index contributed by atoms with van der Waals surface area (Å²) in [5.74, 6) is 0.914. The molecule has 0 saturated carbocycles. The van der Waals surface area contributed by atoms with Crippen molar-refractivity contribution in [2.45, 2.75) is 38.8 Å². The second-order valence-corrected chi connectivity index (χ2v) is 6.71. The largest absolute Gasteiger partial charge is 0.508 e. The van der Waals surface area contributed by atoms with E-state index in [1.165, 1.54) is 0 Å². The van der Waals surface area contributed by atoms with Crippen molar-refractivity contribution in [2.24, 2.45) is 0 Å². The number of hydrogen-bond donors (Lipinski definition) is 2. The summed E-state index contributed by atoms with van der Waals surface area (Å²) in [5, 5.41) is 13.5. The Balaban J connectivity index is 2.27. The summed E-state index contributed by atoms with van der Waals surface area (Å²) in [7, 11) is 0. The Morgan fingerprint density at radius 1 is 1.32 bits per heavy atom. The Bertz CT molecular complexity index is 482. The van der Waals surface area contributed by atoms with Crippen LogP contribution in [-0.4, -0.2) is 48.5 Å². The summed E-state index contributed by atoms with van der Waals surface area (Å²) in [5.41, 5.74) is 0.445. The van der Waals surface area contributed by atoms with E-state index in [9.17, 15) is 9.50 Å². The number of phenolic OH excluding ortho intramolecular Hbond substituents is 1. The quantitative estimate of drug-likeness (QED) is 0.878. The SMILES string of the molecule is CC(C)(C)Oc1ccc(O)c([C@H](CCF)N2CCNCC2)c1. The number of nitrogens with one attached hydrogen (secondary N) is 1. The molecule has 2 N–H and O–H groups in total. The zero-order chi connectivity index (χ0) is 16.2. The first kappa shape index (κ1) is 17.0. The van der Waals surface area contributed by atoms with Crippen LogP contribution in [0.5, 0.6) is 11.5 Å². The van der Waals surface area contributed by atoms with Crippen molar-refractivity contribution in [3.05, 3.63) is 23.8 Å². The first-order chi connectivity index (χ1) is 10.4. The molecule has 0 aromatic heterocycles. The lowest BCUT2D eigenvalue weighted by Crippen LogP contribution is -2.45. The molecule has 1 aromatic rings. The minimum absolute atomic E-state index is 0.115. The van der Waals surface area contributed by atoms with Crippen molar-refractivity contribution >= 4 is 0 Å². The van der Waals surface area contributed by atoms with E-state index < -0.39 is 6.67 Å². The fraction of sp³-hybridized carbons (Fsp3) is 0.647. The minimum atomic E-state index is -0.404. The van der Waals surface area contributed by atoms with Crippen LogP contribution in [0.4, 0.5) is 4.39 Å². The molecule has 1 aromatic carbocycles. The molecule has 4 nitrogen and oxygen atoms in total. The highest BCUT2D eigenvalue weighted by Gasteiger charge is 2.25. The predicted octanol–water partition coefficient (Wildman–Crippen LogP) is 2.88. The molecule has 1 atom stereocenters. The van der Waals surface area contributed by atoms with E-state index in [0.29, 0.717) is 12.2 Å². The Labute approximate surface area is 132 Å². The van der Waals surface area contributed by atoms with Gasteiger partial charge in [0.25, 0.3) is 0 Å². The number of rotatable bonds is 5. The van der Waals surface area contributed by atoms with Crippen molar-refractivity contribution in [3.8, 4) is 11.5 Å². The molecule has 1 aliphatic heterocycles. The molecule has 0 bridgehead atoms. The molecule has 0 spiro atoms. The zero-order valence-electron chi connectivity index (χ0n) is 13.7. The van der Waals surface area contributed by atoms with E-state index in [0.717, 1.165) is 31.7 Å². The van der Waals surface area contributed by atoms with Crippen LogP contribution in [0.1, 0.15) is 38.8 Å². The number of benzene rings is 1. The molecular formula is C17H27FN2O2. The van der Waals surface area contributed by atoms with E-state index in [1.807, 2.05) is 26.8 Å². The van der Waals surface area contributed by atoms with Crippen LogP contribution in [-0.2, 0) is 0 Å². The van der Waals surface area contributed by atoms with Crippen molar-refractivity contribution in [1.82, 2.24) is 10.2 Å². The average Bonchev–Trinajstić information content (AvgIpc) is 2.46. The summed E-state index contributed by atoms with van der Waals surface area (Å²) in [6, 6.07) is 5.14. The Kier molecular flexibility index (Phi) is 5.64. The molecule has 1 saturated heterocycles. The third-order valence-electron chi connectivity index (χ3n) is 3.76. The number of ether oxygens (including phenoxy) is 1. The van der Waals surface area contributed by atoms with Gasteiger partial charge in [-0.05, 0) is 45.4 Å². The second-order valence-electron chi connectivity index (χ2n) is 6.71. The third kappa shape index (κ3) is 4.58. The van der Waals surface area contributed by atoms with Crippen molar-refractivity contribution in [1.29, 1.82) is 0 Å². The van der Waals surface area contributed by atoms with Gasteiger partial charge in [-0.1, -0.05) is 0 Å². The van der Waals surface area contributed by atoms with Gasteiger partial charge in [0.1, 0.15) is 17.1 Å². The molecule has 1 aliphatic rings. The summed E-state index contributed by atoms with van der Waals surface area (Å²) in [6.07, 6.45) is 0.381. The summed E-state index contributed by atoms with van der Waals surface area (Å²) < 4.78 is 18.9. The summed E-state index contributed by atoms with van der Waals surface area (Å²) >= 11 is 0. The molecular weight excluding hydrogens is 283 g/mol. The van der Waals surface area contributed by atoms with Crippen LogP contribution in [0, 0.1) is 0 Å². The van der Waals surface area contributed by atoms with Crippen LogP contribution in [0.3, 0.4) is 0 Å². The monoisotopic (exact) mass is 310 g/mol. The lowest BCUT2D eigenvalue weighted by atomic mass is 10.00. The normalized spacial score (nSPS) is 18.2. The predicted molar refractivity (Wildman–Crippen MR) is 86.3 cm³/mol. The van der Waals surface area contributed by atoms with Crippen LogP contribution < -0.4 is 10.1 Å². The average molecular weight is 310 g/mol. The van der Waals surface area contributed by atoms with Crippen LogP contribution in [0.15, 0.2) is 18.2 Å². The van der Waals surface area contributed by atoms with Gasteiger partial charge in [0.05, 0.1) is 6.67 Å². The van der Waals surface area contributed by atoms with E-state index in [4.69, 9.17) is 4.74 Å². The van der Waals surface area contributed by atoms with E-state index in [2.05, 4.69) is 10.2 Å². The fourth-order valence-corrected chi connectivity index (χ4v) is 2.85. The molecule has 22 heavy (non-hydrogen) atoms. The summed E-state index contributed by atoms with van der Waals surface area (Å²) in [6.45, 7) is 9.03. The number of aromatic hydroxyl groups is 1.